The van der Waals surface area contributed by atoms with Gasteiger partial charge in [0.2, 0.25) is 5.91 Å². The average Bonchev–Trinajstić information content (AvgIpc) is 2.73. The van der Waals surface area contributed by atoms with Crippen molar-refractivity contribution in [1.82, 2.24) is 15.2 Å². The number of hydrogen-bond donors (Lipinski definition) is 1. The lowest BCUT2D eigenvalue weighted by Crippen LogP contribution is -2.33. The van der Waals surface area contributed by atoms with E-state index < -0.39 is 0 Å². The lowest BCUT2D eigenvalue weighted by Gasteiger charge is -2.15. The number of rotatable bonds is 6. The van der Waals surface area contributed by atoms with Gasteiger partial charge in [0, 0.05) is 25.5 Å². The third-order valence-electron chi connectivity index (χ3n) is 2.36. The van der Waals surface area contributed by atoms with Crippen molar-refractivity contribution in [3.05, 3.63) is 16.1 Å². The third-order valence-corrected chi connectivity index (χ3v) is 3.40. The normalized spacial score (nSPS) is 9.28. The fourth-order valence-corrected chi connectivity index (χ4v) is 2.03. The number of aromatic nitrogens is 1. The number of likely N-dealkylation sites (N-methyl/N-ethyl adjacent to an activating group) is 2. The number of aryl methyl sites for hydroxylation is 1. The van der Waals surface area contributed by atoms with Crippen LogP contribution in [-0.2, 0) is 17.6 Å². The monoisotopic (exact) mass is 313 g/mol. The van der Waals surface area contributed by atoms with Gasteiger partial charge < -0.3 is 10.2 Å². The number of thiazole rings is 1. The van der Waals surface area contributed by atoms with E-state index in [9.17, 15) is 4.79 Å². The second-order valence-electron chi connectivity index (χ2n) is 3.68. The van der Waals surface area contributed by atoms with E-state index in [-0.39, 0.29) is 30.7 Å². The van der Waals surface area contributed by atoms with Gasteiger partial charge in [-0.1, -0.05) is 6.92 Å². The van der Waals surface area contributed by atoms with Crippen molar-refractivity contribution in [2.45, 2.75) is 19.8 Å². The molecule has 0 radical (unpaired) electrons. The van der Waals surface area contributed by atoms with Crippen LogP contribution < -0.4 is 5.32 Å². The molecular weight excluding hydrogens is 293 g/mol. The summed E-state index contributed by atoms with van der Waals surface area (Å²) in [5.41, 5.74) is 0.892. The summed E-state index contributed by atoms with van der Waals surface area (Å²) in [4.78, 5) is 17.9. The molecule has 0 aliphatic rings. The number of carbonyl (C=O) groups excluding carboxylic acids is 1. The molecule has 106 valence electrons. The molecule has 0 bridgehead atoms. The maximum absolute atomic E-state index is 11.8. The average molecular weight is 314 g/mol. The SMILES string of the molecule is CCc1nc(CC(=O)N(C)CCNC)cs1.Cl.Cl. The van der Waals surface area contributed by atoms with Crippen LogP contribution in [0.25, 0.3) is 0 Å². The predicted octanol–water partition coefficient (Wildman–Crippen LogP) is 1.77. The minimum absolute atomic E-state index is 0. The highest BCUT2D eigenvalue weighted by Crippen LogP contribution is 2.11. The summed E-state index contributed by atoms with van der Waals surface area (Å²) in [6.45, 7) is 3.63. The van der Waals surface area contributed by atoms with E-state index in [1.165, 1.54) is 0 Å². The van der Waals surface area contributed by atoms with Crippen LogP contribution >= 0.6 is 36.2 Å². The molecule has 18 heavy (non-hydrogen) atoms. The van der Waals surface area contributed by atoms with E-state index in [1.54, 1.807) is 16.2 Å². The van der Waals surface area contributed by atoms with Crippen LogP contribution in [0.15, 0.2) is 5.38 Å². The third kappa shape index (κ3) is 6.54. The summed E-state index contributed by atoms with van der Waals surface area (Å²) in [6, 6.07) is 0. The van der Waals surface area contributed by atoms with Crippen LogP contribution in [0, 0.1) is 0 Å². The molecule has 0 aliphatic heterocycles. The van der Waals surface area contributed by atoms with Gasteiger partial charge in [-0.15, -0.1) is 36.2 Å². The fraction of sp³-hybridized carbons (Fsp3) is 0.636. The van der Waals surface area contributed by atoms with E-state index in [4.69, 9.17) is 0 Å². The molecule has 1 aromatic rings. The molecule has 1 heterocycles. The summed E-state index contributed by atoms with van der Waals surface area (Å²) in [7, 11) is 3.71. The highest BCUT2D eigenvalue weighted by Gasteiger charge is 2.11. The van der Waals surface area contributed by atoms with E-state index in [0.717, 1.165) is 30.2 Å². The minimum Gasteiger partial charge on any atom is -0.344 e. The van der Waals surface area contributed by atoms with Gasteiger partial charge in [-0.2, -0.15) is 0 Å². The molecule has 7 heteroatoms. The van der Waals surface area contributed by atoms with Crippen molar-refractivity contribution in [3.63, 3.8) is 0 Å². The second-order valence-corrected chi connectivity index (χ2v) is 4.62. The Labute approximate surface area is 125 Å². The zero-order valence-electron chi connectivity index (χ0n) is 10.9. The number of nitrogens with zero attached hydrogens (tertiary/aromatic N) is 2. The second kappa shape index (κ2) is 10.6. The molecule has 1 N–H and O–H groups in total. The zero-order valence-corrected chi connectivity index (χ0v) is 13.4. The highest BCUT2D eigenvalue weighted by molar-refractivity contribution is 7.09. The first-order valence-electron chi connectivity index (χ1n) is 5.49. The van der Waals surface area contributed by atoms with Gasteiger partial charge in [-0.3, -0.25) is 4.79 Å². The molecule has 0 unspecified atom stereocenters. The largest absolute Gasteiger partial charge is 0.344 e. The van der Waals surface area contributed by atoms with Gasteiger partial charge in [0.15, 0.2) is 0 Å². The molecule has 0 spiro atoms. The first-order chi connectivity index (χ1) is 7.67. The van der Waals surface area contributed by atoms with E-state index in [0.29, 0.717) is 6.42 Å². The van der Waals surface area contributed by atoms with E-state index in [2.05, 4.69) is 17.2 Å². The maximum atomic E-state index is 11.8. The number of amides is 1. The minimum atomic E-state index is 0. The molecule has 0 aliphatic carbocycles. The molecule has 0 fully saturated rings. The Balaban J connectivity index is 0. The Morgan fingerprint density at radius 2 is 2.17 bits per heavy atom. The van der Waals surface area contributed by atoms with Crippen LogP contribution in [-0.4, -0.2) is 43.0 Å². The Morgan fingerprint density at radius 3 is 2.67 bits per heavy atom. The van der Waals surface area contributed by atoms with Gasteiger partial charge in [0.25, 0.3) is 0 Å². The summed E-state index contributed by atoms with van der Waals surface area (Å²) in [5, 5.41) is 6.10. The molecule has 0 saturated carbocycles. The predicted molar refractivity (Wildman–Crippen MR) is 81.3 cm³/mol. The topological polar surface area (TPSA) is 45.2 Å². The molecule has 0 atom stereocenters. The van der Waals surface area contributed by atoms with Crippen LogP contribution in [0.1, 0.15) is 17.6 Å². The Bertz CT molecular complexity index is 347. The summed E-state index contributed by atoms with van der Waals surface area (Å²) >= 11 is 1.63. The lowest BCUT2D eigenvalue weighted by molar-refractivity contribution is -0.129. The van der Waals surface area contributed by atoms with Crippen molar-refractivity contribution in [3.8, 4) is 0 Å². The van der Waals surface area contributed by atoms with Crippen LogP contribution in [0.3, 0.4) is 0 Å². The summed E-state index contributed by atoms with van der Waals surface area (Å²) in [5.74, 6) is 0.128. The highest BCUT2D eigenvalue weighted by atomic mass is 35.5. The van der Waals surface area contributed by atoms with Crippen molar-refractivity contribution in [1.29, 1.82) is 0 Å². The van der Waals surface area contributed by atoms with Crippen LogP contribution in [0.2, 0.25) is 0 Å². The molecule has 4 nitrogen and oxygen atoms in total. The number of hydrogen-bond acceptors (Lipinski definition) is 4. The van der Waals surface area contributed by atoms with Crippen LogP contribution in [0.5, 0.6) is 0 Å². The van der Waals surface area contributed by atoms with Gasteiger partial charge >= 0.3 is 0 Å². The van der Waals surface area contributed by atoms with Crippen molar-refractivity contribution in [2.24, 2.45) is 0 Å². The molecule has 0 aromatic carbocycles. The molecule has 1 aromatic heterocycles. The molecule has 1 rings (SSSR count). The Morgan fingerprint density at radius 1 is 1.50 bits per heavy atom. The molecule has 0 saturated heterocycles. The maximum Gasteiger partial charge on any atom is 0.228 e. The summed E-state index contributed by atoms with van der Waals surface area (Å²) in [6.07, 6.45) is 1.35. The smallest absolute Gasteiger partial charge is 0.228 e. The van der Waals surface area contributed by atoms with Gasteiger partial charge in [-0.25, -0.2) is 4.98 Å². The zero-order chi connectivity index (χ0) is 12.0. The summed E-state index contributed by atoms with van der Waals surface area (Å²) < 4.78 is 0. The van der Waals surface area contributed by atoms with E-state index in [1.807, 2.05) is 19.5 Å². The number of nitrogens with one attached hydrogen (secondary N) is 1. The van der Waals surface area contributed by atoms with Gasteiger partial charge in [0.1, 0.15) is 0 Å². The lowest BCUT2D eigenvalue weighted by atomic mass is 10.3. The van der Waals surface area contributed by atoms with Crippen molar-refractivity contribution in [2.75, 3.05) is 27.2 Å². The quantitative estimate of drug-likeness (QED) is 0.870. The van der Waals surface area contributed by atoms with Gasteiger partial charge in [-0.05, 0) is 13.5 Å². The Kier molecular flexibility index (Phi) is 11.7. The standard InChI is InChI=1S/C11H19N3OS.2ClH/c1-4-10-13-9(8-16-10)7-11(15)14(3)6-5-12-2;;/h8,12H,4-7H2,1-3H3;2*1H. The number of carbonyl (C=O) groups is 1. The van der Waals surface area contributed by atoms with Crippen LogP contribution in [0.4, 0.5) is 0 Å². The molecule has 1 amide bonds. The first-order valence-corrected chi connectivity index (χ1v) is 6.37. The first kappa shape index (κ1) is 20.0. The van der Waals surface area contributed by atoms with Crippen molar-refractivity contribution < 1.29 is 4.79 Å². The number of halogens is 2. The molecular formula is C11H21Cl2N3OS. The fourth-order valence-electron chi connectivity index (χ4n) is 1.29. The Hall–Kier alpha value is -0.360. The van der Waals surface area contributed by atoms with Crippen molar-refractivity contribution >= 4 is 42.1 Å². The van der Waals surface area contributed by atoms with Gasteiger partial charge in [0.05, 0.1) is 17.1 Å². The van der Waals surface area contributed by atoms with E-state index >= 15 is 0 Å².